The maximum atomic E-state index is 11.8. The number of ether oxygens (including phenoxy) is 1. The number of Topliss-reactive ketones (excluding diaryl/α,β-unsaturated/α-hetero) is 1. The maximum absolute atomic E-state index is 11.8. The zero-order chi connectivity index (χ0) is 13.7. The minimum Gasteiger partial charge on any atom is -0.481 e. The molecule has 0 aliphatic heterocycles. The lowest BCUT2D eigenvalue weighted by Gasteiger charge is -2.26. The van der Waals surface area contributed by atoms with Crippen LogP contribution in [0.15, 0.2) is 0 Å². The van der Waals surface area contributed by atoms with Gasteiger partial charge in [0.05, 0.1) is 6.10 Å². The number of hydrogen-bond donors (Lipinski definition) is 1. The average molecular weight is 256 g/mol. The van der Waals surface area contributed by atoms with Crippen molar-refractivity contribution in [3.05, 3.63) is 0 Å². The summed E-state index contributed by atoms with van der Waals surface area (Å²) in [6, 6.07) is 0. The number of carbonyl (C=O) groups excluding carboxylic acids is 2. The summed E-state index contributed by atoms with van der Waals surface area (Å²) in [6.45, 7) is 3.58. The molecule has 1 saturated carbocycles. The number of aliphatic carboxylic acids is 1. The molecule has 0 aromatic heterocycles. The molecule has 0 heterocycles. The van der Waals surface area contributed by atoms with E-state index in [1.165, 1.54) is 0 Å². The van der Waals surface area contributed by atoms with Crippen LogP contribution >= 0.6 is 0 Å². The highest BCUT2D eigenvalue weighted by Gasteiger charge is 2.39. The molecule has 5 nitrogen and oxygen atoms in total. The minimum atomic E-state index is -1.21. The summed E-state index contributed by atoms with van der Waals surface area (Å²) in [6.07, 6.45) is 2.26. The van der Waals surface area contributed by atoms with Crippen LogP contribution in [0.5, 0.6) is 0 Å². The third kappa shape index (κ3) is 3.82. The molecule has 1 aliphatic carbocycles. The zero-order valence-electron chi connectivity index (χ0n) is 10.8. The summed E-state index contributed by atoms with van der Waals surface area (Å²) in [5.74, 6) is -3.49. The lowest BCUT2D eigenvalue weighted by molar-refractivity contribution is -0.165. The largest absolute Gasteiger partial charge is 0.481 e. The van der Waals surface area contributed by atoms with Crippen molar-refractivity contribution in [2.45, 2.75) is 52.1 Å². The van der Waals surface area contributed by atoms with Gasteiger partial charge in [-0.3, -0.25) is 14.4 Å². The van der Waals surface area contributed by atoms with E-state index in [0.29, 0.717) is 25.7 Å². The van der Waals surface area contributed by atoms with Crippen molar-refractivity contribution in [2.75, 3.05) is 0 Å². The SMILES string of the molecule is CCC(C)OC(=O)C(C(=O)O)C1CCCC(=O)C1. The Balaban J connectivity index is 2.72. The second-order valence-corrected chi connectivity index (χ2v) is 4.87. The quantitative estimate of drug-likeness (QED) is 0.599. The smallest absolute Gasteiger partial charge is 0.320 e. The van der Waals surface area contributed by atoms with E-state index in [4.69, 9.17) is 9.84 Å². The standard InChI is InChI=1S/C13H20O5/c1-3-8(2)18-13(17)11(12(15)16)9-5-4-6-10(14)7-9/h8-9,11H,3-7H2,1-2H3,(H,15,16). The molecule has 1 rings (SSSR count). The van der Waals surface area contributed by atoms with E-state index in [1.54, 1.807) is 6.92 Å². The first kappa shape index (κ1) is 14.7. The summed E-state index contributed by atoms with van der Waals surface area (Å²) in [7, 11) is 0. The van der Waals surface area contributed by atoms with Crippen LogP contribution in [0.2, 0.25) is 0 Å². The number of carboxylic acid groups (broad SMARTS) is 1. The van der Waals surface area contributed by atoms with Gasteiger partial charge >= 0.3 is 11.9 Å². The molecule has 0 amide bonds. The Morgan fingerprint density at radius 3 is 2.67 bits per heavy atom. The van der Waals surface area contributed by atoms with Crippen molar-refractivity contribution in [3.8, 4) is 0 Å². The van der Waals surface area contributed by atoms with Crippen LogP contribution in [0.1, 0.15) is 46.0 Å². The molecule has 1 N–H and O–H groups in total. The number of carboxylic acids is 1. The highest BCUT2D eigenvalue weighted by molar-refractivity contribution is 5.95. The van der Waals surface area contributed by atoms with Gasteiger partial charge in [0.15, 0.2) is 5.92 Å². The molecule has 0 spiro atoms. The lowest BCUT2D eigenvalue weighted by Crippen LogP contribution is -2.37. The molecule has 1 fully saturated rings. The Morgan fingerprint density at radius 2 is 2.17 bits per heavy atom. The molecule has 0 bridgehead atoms. The molecule has 1 aliphatic rings. The Labute approximate surface area is 107 Å². The van der Waals surface area contributed by atoms with E-state index < -0.39 is 23.8 Å². The van der Waals surface area contributed by atoms with Crippen LogP contribution < -0.4 is 0 Å². The lowest BCUT2D eigenvalue weighted by atomic mass is 9.79. The number of ketones is 1. The van der Waals surface area contributed by atoms with Gasteiger partial charge in [0.1, 0.15) is 5.78 Å². The molecule has 0 radical (unpaired) electrons. The monoisotopic (exact) mass is 256 g/mol. The second-order valence-electron chi connectivity index (χ2n) is 4.87. The molecule has 102 valence electrons. The molecule has 0 aromatic rings. The molecule has 0 saturated heterocycles. The number of hydrogen-bond acceptors (Lipinski definition) is 4. The number of esters is 1. The predicted molar refractivity (Wildman–Crippen MR) is 63.9 cm³/mol. The fraction of sp³-hybridized carbons (Fsp3) is 0.769. The molecule has 18 heavy (non-hydrogen) atoms. The fourth-order valence-electron chi connectivity index (χ4n) is 2.19. The minimum absolute atomic E-state index is 0.0360. The second kappa shape index (κ2) is 6.52. The molecule has 0 aromatic carbocycles. The first-order valence-electron chi connectivity index (χ1n) is 6.40. The highest BCUT2D eigenvalue weighted by atomic mass is 16.5. The average Bonchev–Trinajstić information content (AvgIpc) is 2.28. The third-order valence-electron chi connectivity index (χ3n) is 3.40. The molecular formula is C13H20O5. The van der Waals surface area contributed by atoms with Crippen molar-refractivity contribution >= 4 is 17.7 Å². The molecular weight excluding hydrogens is 236 g/mol. The van der Waals surface area contributed by atoms with E-state index in [2.05, 4.69) is 0 Å². The van der Waals surface area contributed by atoms with Crippen molar-refractivity contribution in [3.63, 3.8) is 0 Å². The first-order valence-corrected chi connectivity index (χ1v) is 6.40. The van der Waals surface area contributed by atoms with Crippen molar-refractivity contribution in [1.29, 1.82) is 0 Å². The van der Waals surface area contributed by atoms with Crippen LogP contribution in [0.4, 0.5) is 0 Å². The van der Waals surface area contributed by atoms with Gasteiger partial charge in [-0.05, 0) is 32.1 Å². The summed E-state index contributed by atoms with van der Waals surface area (Å²) in [5, 5.41) is 9.16. The van der Waals surface area contributed by atoms with Gasteiger partial charge in [-0.25, -0.2) is 0 Å². The fourth-order valence-corrected chi connectivity index (χ4v) is 2.19. The van der Waals surface area contributed by atoms with Gasteiger partial charge in [0.2, 0.25) is 0 Å². The van der Waals surface area contributed by atoms with Crippen LogP contribution in [0.3, 0.4) is 0 Å². The summed E-state index contributed by atoms with van der Waals surface area (Å²) in [4.78, 5) is 34.4. The van der Waals surface area contributed by atoms with E-state index in [-0.39, 0.29) is 18.3 Å². The van der Waals surface area contributed by atoms with E-state index >= 15 is 0 Å². The van der Waals surface area contributed by atoms with Crippen molar-refractivity contribution in [2.24, 2.45) is 11.8 Å². The highest BCUT2D eigenvalue weighted by Crippen LogP contribution is 2.29. The maximum Gasteiger partial charge on any atom is 0.320 e. The van der Waals surface area contributed by atoms with Gasteiger partial charge in [0, 0.05) is 12.8 Å². The van der Waals surface area contributed by atoms with Crippen LogP contribution in [0.25, 0.3) is 0 Å². The first-order chi connectivity index (χ1) is 8.45. The van der Waals surface area contributed by atoms with E-state index in [1.807, 2.05) is 6.92 Å². The summed E-state index contributed by atoms with van der Waals surface area (Å²) < 4.78 is 5.08. The topological polar surface area (TPSA) is 80.7 Å². The van der Waals surface area contributed by atoms with Gasteiger partial charge in [-0.2, -0.15) is 0 Å². The zero-order valence-corrected chi connectivity index (χ0v) is 10.8. The summed E-state index contributed by atoms with van der Waals surface area (Å²) in [5.41, 5.74) is 0. The molecule has 3 atom stereocenters. The van der Waals surface area contributed by atoms with Crippen LogP contribution in [-0.4, -0.2) is 28.9 Å². The predicted octanol–water partition coefficient (Wildman–Crippen LogP) is 1.79. The Kier molecular flexibility index (Phi) is 5.31. The van der Waals surface area contributed by atoms with Gasteiger partial charge in [0.25, 0.3) is 0 Å². The molecule has 5 heteroatoms. The van der Waals surface area contributed by atoms with Gasteiger partial charge in [-0.15, -0.1) is 0 Å². The third-order valence-corrected chi connectivity index (χ3v) is 3.40. The van der Waals surface area contributed by atoms with Crippen LogP contribution in [0, 0.1) is 11.8 Å². The Bertz CT molecular complexity index is 336. The summed E-state index contributed by atoms with van der Waals surface area (Å²) >= 11 is 0. The number of rotatable bonds is 5. The van der Waals surface area contributed by atoms with Crippen LogP contribution in [-0.2, 0) is 19.1 Å². The van der Waals surface area contributed by atoms with Crippen molar-refractivity contribution in [1.82, 2.24) is 0 Å². The van der Waals surface area contributed by atoms with E-state index in [9.17, 15) is 14.4 Å². The normalized spacial score (nSPS) is 23.2. The Morgan fingerprint density at radius 1 is 1.50 bits per heavy atom. The van der Waals surface area contributed by atoms with Gasteiger partial charge < -0.3 is 9.84 Å². The Hall–Kier alpha value is -1.39. The van der Waals surface area contributed by atoms with E-state index in [0.717, 1.165) is 0 Å². The van der Waals surface area contributed by atoms with Crippen molar-refractivity contribution < 1.29 is 24.2 Å². The molecule has 3 unspecified atom stereocenters. The number of carbonyl (C=O) groups is 3. The van der Waals surface area contributed by atoms with Gasteiger partial charge in [-0.1, -0.05) is 6.92 Å².